The molecule has 0 amide bonds. The molecule has 150 valence electrons. The predicted octanol–water partition coefficient (Wildman–Crippen LogP) is 2.78. The van der Waals surface area contributed by atoms with Gasteiger partial charge in [-0.2, -0.15) is 5.10 Å². The van der Waals surface area contributed by atoms with Crippen molar-refractivity contribution in [2.45, 2.75) is 69.8 Å². The molecule has 1 N–H and O–H groups in total. The van der Waals surface area contributed by atoms with Crippen LogP contribution in [0.3, 0.4) is 0 Å². The Hall–Kier alpha value is -2.12. The van der Waals surface area contributed by atoms with E-state index < -0.39 is 17.2 Å². The quantitative estimate of drug-likeness (QED) is 0.874. The number of aliphatic hydroxyl groups is 1. The number of rotatable bonds is 4. The van der Waals surface area contributed by atoms with Crippen LogP contribution < -0.4 is 5.56 Å². The molecule has 1 aromatic heterocycles. The van der Waals surface area contributed by atoms with Crippen molar-refractivity contribution in [3.05, 3.63) is 63.6 Å². The monoisotopic (exact) mass is 389 g/mol. The number of benzene rings is 1. The summed E-state index contributed by atoms with van der Waals surface area (Å²) in [7, 11) is 0. The number of aromatic nitrogens is 2. The average molecular weight is 389 g/mol. The Kier molecular flexibility index (Phi) is 5.05. The molecule has 2 aliphatic rings. The molecule has 5 nitrogen and oxygen atoms in total. The molecule has 2 bridgehead atoms. The molecule has 2 saturated heterocycles. The summed E-state index contributed by atoms with van der Waals surface area (Å²) in [4.78, 5) is 14.3. The summed E-state index contributed by atoms with van der Waals surface area (Å²) in [5.74, 6) is -1.63. The maximum atomic E-state index is 14.2. The molecular weight excluding hydrogens is 364 g/mol. The molecule has 0 aliphatic carbocycles. The Morgan fingerprint density at radius 2 is 1.89 bits per heavy atom. The van der Waals surface area contributed by atoms with E-state index in [0.29, 0.717) is 24.9 Å². The Balaban J connectivity index is 1.55. The highest BCUT2D eigenvalue weighted by atomic mass is 19.2. The zero-order valence-electron chi connectivity index (χ0n) is 15.9. The highest BCUT2D eigenvalue weighted by Gasteiger charge is 2.46. The molecule has 2 aromatic rings. The Morgan fingerprint density at radius 1 is 1.18 bits per heavy atom. The normalized spacial score (nSPS) is 27.7. The number of fused-ring (bicyclic) bond motifs is 2. The largest absolute Gasteiger partial charge is 0.388 e. The Morgan fingerprint density at radius 3 is 2.61 bits per heavy atom. The summed E-state index contributed by atoms with van der Waals surface area (Å²) in [6.45, 7) is 2.30. The van der Waals surface area contributed by atoms with Crippen LogP contribution in [0, 0.1) is 18.6 Å². The summed E-state index contributed by atoms with van der Waals surface area (Å²) < 4.78 is 29.1. The lowest BCUT2D eigenvalue weighted by atomic mass is 9.75. The van der Waals surface area contributed by atoms with Gasteiger partial charge in [0.05, 0.1) is 17.8 Å². The molecule has 28 heavy (non-hydrogen) atoms. The second-order valence-electron chi connectivity index (χ2n) is 8.23. The summed E-state index contributed by atoms with van der Waals surface area (Å²) in [6.07, 6.45) is 3.82. The van der Waals surface area contributed by atoms with E-state index in [1.807, 2.05) is 6.92 Å². The van der Waals surface area contributed by atoms with Crippen LogP contribution in [0.25, 0.3) is 0 Å². The lowest BCUT2D eigenvalue weighted by Crippen LogP contribution is -2.59. The van der Waals surface area contributed by atoms with Crippen molar-refractivity contribution in [1.82, 2.24) is 14.7 Å². The fourth-order valence-corrected chi connectivity index (χ4v) is 4.82. The third-order valence-corrected chi connectivity index (χ3v) is 6.07. The van der Waals surface area contributed by atoms with Crippen LogP contribution in [0.2, 0.25) is 0 Å². The van der Waals surface area contributed by atoms with Gasteiger partial charge >= 0.3 is 0 Å². The van der Waals surface area contributed by atoms with Gasteiger partial charge in [0.1, 0.15) is 0 Å². The van der Waals surface area contributed by atoms with Crippen molar-refractivity contribution in [2.24, 2.45) is 0 Å². The molecule has 7 heteroatoms. The molecule has 2 unspecified atom stereocenters. The molecule has 2 aliphatic heterocycles. The van der Waals surface area contributed by atoms with Gasteiger partial charge in [-0.05, 0) is 44.7 Å². The van der Waals surface area contributed by atoms with Gasteiger partial charge in [0.25, 0.3) is 5.56 Å². The van der Waals surface area contributed by atoms with Crippen molar-refractivity contribution < 1.29 is 13.9 Å². The van der Waals surface area contributed by atoms with Gasteiger partial charge in [0.15, 0.2) is 11.6 Å². The van der Waals surface area contributed by atoms with Gasteiger partial charge in [-0.15, -0.1) is 0 Å². The molecule has 2 fully saturated rings. The van der Waals surface area contributed by atoms with Gasteiger partial charge in [0.2, 0.25) is 0 Å². The van der Waals surface area contributed by atoms with Crippen LogP contribution in [0.1, 0.15) is 43.4 Å². The topological polar surface area (TPSA) is 58.4 Å². The summed E-state index contributed by atoms with van der Waals surface area (Å²) in [5, 5.41) is 15.5. The summed E-state index contributed by atoms with van der Waals surface area (Å²) in [5.41, 5.74) is -0.188. The minimum atomic E-state index is -1.03. The van der Waals surface area contributed by atoms with Crippen LogP contribution in [0.5, 0.6) is 0 Å². The highest BCUT2D eigenvalue weighted by molar-refractivity contribution is 5.19. The van der Waals surface area contributed by atoms with E-state index in [1.165, 1.54) is 16.8 Å². The van der Waals surface area contributed by atoms with Crippen molar-refractivity contribution in [1.29, 1.82) is 0 Å². The van der Waals surface area contributed by atoms with Crippen LogP contribution >= 0.6 is 0 Å². The van der Waals surface area contributed by atoms with E-state index in [1.54, 1.807) is 12.1 Å². The van der Waals surface area contributed by atoms with Crippen LogP contribution in [0.4, 0.5) is 8.78 Å². The Labute approximate surface area is 162 Å². The number of nitrogens with zero attached hydrogens (tertiary/aromatic N) is 3. The van der Waals surface area contributed by atoms with Crippen LogP contribution in [0.15, 0.2) is 35.1 Å². The third-order valence-electron chi connectivity index (χ3n) is 6.07. The van der Waals surface area contributed by atoms with Crippen molar-refractivity contribution in [2.75, 3.05) is 0 Å². The van der Waals surface area contributed by atoms with Crippen molar-refractivity contribution in [3.63, 3.8) is 0 Å². The first-order valence-corrected chi connectivity index (χ1v) is 9.80. The van der Waals surface area contributed by atoms with Gasteiger partial charge in [-0.3, -0.25) is 9.69 Å². The molecule has 1 aromatic carbocycles. The van der Waals surface area contributed by atoms with Gasteiger partial charge in [-0.25, -0.2) is 13.5 Å². The molecule has 0 saturated carbocycles. The van der Waals surface area contributed by atoms with Gasteiger partial charge in [-0.1, -0.05) is 18.6 Å². The van der Waals surface area contributed by atoms with E-state index in [4.69, 9.17) is 0 Å². The Bertz CT molecular complexity index is 916. The number of hydrogen-bond acceptors (Lipinski definition) is 4. The van der Waals surface area contributed by atoms with Gasteiger partial charge < -0.3 is 5.11 Å². The first kappa shape index (κ1) is 19.2. The SMILES string of the molecule is Cc1ccc(=O)n(CC2(O)CC3CCCC(C2)N3Cc2cccc(F)c2F)n1. The van der Waals surface area contributed by atoms with Gasteiger partial charge in [0, 0.05) is 30.3 Å². The van der Waals surface area contributed by atoms with E-state index in [-0.39, 0.29) is 24.2 Å². The van der Waals surface area contributed by atoms with E-state index in [2.05, 4.69) is 10.00 Å². The van der Waals surface area contributed by atoms with E-state index in [0.717, 1.165) is 31.0 Å². The summed E-state index contributed by atoms with van der Waals surface area (Å²) >= 11 is 0. The third kappa shape index (κ3) is 3.73. The number of halogens is 2. The number of hydrogen-bond donors (Lipinski definition) is 1. The maximum Gasteiger partial charge on any atom is 0.266 e. The minimum Gasteiger partial charge on any atom is -0.388 e. The molecule has 3 heterocycles. The second-order valence-corrected chi connectivity index (χ2v) is 8.23. The van der Waals surface area contributed by atoms with E-state index in [9.17, 15) is 18.7 Å². The minimum absolute atomic E-state index is 0.0701. The van der Waals surface area contributed by atoms with E-state index >= 15 is 0 Å². The molecular formula is C21H25F2N3O2. The molecule has 2 atom stereocenters. The first-order valence-electron chi connectivity index (χ1n) is 9.80. The van der Waals surface area contributed by atoms with Crippen molar-refractivity contribution >= 4 is 0 Å². The molecule has 0 spiro atoms. The van der Waals surface area contributed by atoms with Crippen LogP contribution in [-0.2, 0) is 13.1 Å². The number of piperidine rings is 2. The average Bonchev–Trinajstić information content (AvgIpc) is 2.63. The van der Waals surface area contributed by atoms with Crippen molar-refractivity contribution in [3.8, 4) is 0 Å². The fraction of sp³-hybridized carbons (Fsp3) is 0.524. The number of aryl methyl sites for hydroxylation is 1. The maximum absolute atomic E-state index is 14.2. The highest BCUT2D eigenvalue weighted by Crippen LogP contribution is 2.40. The zero-order valence-corrected chi connectivity index (χ0v) is 15.9. The zero-order chi connectivity index (χ0) is 19.9. The lowest BCUT2D eigenvalue weighted by Gasteiger charge is -2.52. The van der Waals surface area contributed by atoms with Crippen LogP contribution in [-0.4, -0.2) is 37.5 Å². The molecule has 4 rings (SSSR count). The molecule has 0 radical (unpaired) electrons. The fourth-order valence-electron chi connectivity index (χ4n) is 4.82. The predicted molar refractivity (Wildman–Crippen MR) is 101 cm³/mol. The summed E-state index contributed by atoms with van der Waals surface area (Å²) in [6, 6.07) is 7.54. The lowest BCUT2D eigenvalue weighted by molar-refractivity contribution is -0.105. The first-order chi connectivity index (χ1) is 13.3. The standard InChI is InChI=1S/C21H25F2N3O2/c1-14-8-9-19(27)26(24-14)13-21(28)10-16-5-3-6-17(11-21)25(16)12-15-4-2-7-18(22)20(15)23/h2,4,7-9,16-17,28H,3,5-6,10-13H2,1H3. The smallest absolute Gasteiger partial charge is 0.266 e. The second kappa shape index (κ2) is 7.37.